The molecule has 4 rings (SSSR count). The number of nitrogens with one attached hydrogen (secondary N) is 1. The Morgan fingerprint density at radius 1 is 1.00 bits per heavy atom. The molecule has 2 aromatic rings. The van der Waals surface area contributed by atoms with Gasteiger partial charge in [-0.15, -0.1) is 0 Å². The van der Waals surface area contributed by atoms with Crippen molar-refractivity contribution in [3.63, 3.8) is 0 Å². The zero-order valence-electron chi connectivity index (χ0n) is 17.4. The van der Waals surface area contributed by atoms with Gasteiger partial charge in [-0.2, -0.15) is 4.98 Å². The van der Waals surface area contributed by atoms with Gasteiger partial charge >= 0.3 is 0 Å². The molecule has 2 aliphatic heterocycles. The molecule has 0 saturated carbocycles. The van der Waals surface area contributed by atoms with Gasteiger partial charge in [-0.1, -0.05) is 16.8 Å². The molecule has 9 nitrogen and oxygen atoms in total. The van der Waals surface area contributed by atoms with E-state index >= 15 is 0 Å². The molecule has 1 N–H and O–H groups in total. The topological polar surface area (TPSA) is 94.8 Å². The monoisotopic (exact) mass is 446 g/mol. The third-order valence-corrected chi connectivity index (χ3v) is 5.91. The van der Waals surface area contributed by atoms with Gasteiger partial charge in [-0.3, -0.25) is 19.4 Å². The van der Waals surface area contributed by atoms with Gasteiger partial charge in [-0.25, -0.2) is 0 Å². The summed E-state index contributed by atoms with van der Waals surface area (Å²) in [6.07, 6.45) is 2.10. The molecule has 31 heavy (non-hydrogen) atoms. The lowest BCUT2D eigenvalue weighted by Gasteiger charge is -2.33. The Bertz CT molecular complexity index is 889. The third kappa shape index (κ3) is 6.03. The standard InChI is InChI=1S/C21H27ClN6O3/c22-17-5-3-16(4-6-17)21-24-19(31-25-21)15-27-11-9-26(10-12-27)14-18(29)23-13-20(30)28-7-1-2-8-28/h3-6H,1-2,7-15H2,(H,23,29). The van der Waals surface area contributed by atoms with Crippen LogP contribution in [0.5, 0.6) is 0 Å². The van der Waals surface area contributed by atoms with Crippen molar-refractivity contribution in [3.05, 3.63) is 35.2 Å². The molecular formula is C21H27ClN6O3. The van der Waals surface area contributed by atoms with E-state index in [0.717, 1.165) is 57.7 Å². The van der Waals surface area contributed by atoms with Crippen LogP contribution in [0.2, 0.25) is 5.02 Å². The van der Waals surface area contributed by atoms with E-state index in [9.17, 15) is 9.59 Å². The van der Waals surface area contributed by atoms with Gasteiger partial charge < -0.3 is 14.7 Å². The Morgan fingerprint density at radius 2 is 1.68 bits per heavy atom. The van der Waals surface area contributed by atoms with Crippen molar-refractivity contribution in [1.29, 1.82) is 0 Å². The van der Waals surface area contributed by atoms with Crippen molar-refractivity contribution in [2.75, 3.05) is 52.4 Å². The molecule has 1 aromatic carbocycles. The lowest BCUT2D eigenvalue weighted by molar-refractivity contribution is -0.132. The maximum Gasteiger partial charge on any atom is 0.241 e. The average Bonchev–Trinajstić information content (AvgIpc) is 3.47. The highest BCUT2D eigenvalue weighted by Gasteiger charge is 2.22. The molecule has 2 saturated heterocycles. The first-order valence-electron chi connectivity index (χ1n) is 10.6. The van der Waals surface area contributed by atoms with Crippen LogP contribution >= 0.6 is 11.6 Å². The van der Waals surface area contributed by atoms with Crippen molar-refractivity contribution in [2.24, 2.45) is 0 Å². The number of hydrogen-bond donors (Lipinski definition) is 1. The normalized spacial score (nSPS) is 17.8. The summed E-state index contributed by atoms with van der Waals surface area (Å²) in [6, 6.07) is 7.31. The lowest BCUT2D eigenvalue weighted by atomic mass is 10.2. The number of carbonyl (C=O) groups excluding carboxylic acids is 2. The fourth-order valence-electron chi connectivity index (χ4n) is 3.84. The number of rotatable bonds is 7. The highest BCUT2D eigenvalue weighted by atomic mass is 35.5. The number of piperazine rings is 1. The van der Waals surface area contributed by atoms with E-state index in [1.807, 2.05) is 17.0 Å². The minimum atomic E-state index is -0.106. The summed E-state index contributed by atoms with van der Waals surface area (Å²) < 4.78 is 5.39. The van der Waals surface area contributed by atoms with Crippen LogP contribution in [-0.4, -0.2) is 89.0 Å². The maximum atomic E-state index is 12.2. The largest absolute Gasteiger partial charge is 0.346 e. The quantitative estimate of drug-likeness (QED) is 0.683. The minimum absolute atomic E-state index is 0.00759. The molecule has 2 fully saturated rings. The first-order valence-corrected chi connectivity index (χ1v) is 11.0. The molecule has 0 bridgehead atoms. The second kappa shape index (κ2) is 10.2. The van der Waals surface area contributed by atoms with E-state index < -0.39 is 0 Å². The Morgan fingerprint density at radius 3 is 2.39 bits per heavy atom. The molecule has 3 heterocycles. The van der Waals surface area contributed by atoms with Gasteiger partial charge in [0, 0.05) is 49.9 Å². The number of carbonyl (C=O) groups is 2. The molecule has 0 spiro atoms. The van der Waals surface area contributed by atoms with Crippen LogP contribution in [0.25, 0.3) is 11.4 Å². The first kappa shape index (κ1) is 21.7. The van der Waals surface area contributed by atoms with Crippen LogP contribution in [0.3, 0.4) is 0 Å². The second-order valence-corrected chi connectivity index (χ2v) is 8.37. The van der Waals surface area contributed by atoms with E-state index in [2.05, 4.69) is 25.3 Å². The molecule has 166 valence electrons. The summed E-state index contributed by atoms with van der Waals surface area (Å²) in [4.78, 5) is 34.8. The Balaban J connectivity index is 1.17. The number of amides is 2. The molecule has 0 radical (unpaired) electrons. The molecule has 10 heteroatoms. The first-order chi connectivity index (χ1) is 15.1. The summed E-state index contributed by atoms with van der Waals surface area (Å²) in [5.74, 6) is 1.01. The molecule has 0 unspecified atom stereocenters. The van der Waals surface area contributed by atoms with Gasteiger partial charge in [0.2, 0.25) is 23.5 Å². The lowest BCUT2D eigenvalue weighted by Crippen LogP contribution is -2.50. The molecule has 1 aromatic heterocycles. The van der Waals surface area contributed by atoms with E-state index in [1.165, 1.54) is 0 Å². The highest BCUT2D eigenvalue weighted by Crippen LogP contribution is 2.19. The summed E-state index contributed by atoms with van der Waals surface area (Å²) in [5.41, 5.74) is 0.860. The molecular weight excluding hydrogens is 420 g/mol. The Kier molecular flexibility index (Phi) is 7.16. The zero-order chi connectivity index (χ0) is 21.6. The second-order valence-electron chi connectivity index (χ2n) is 7.94. The third-order valence-electron chi connectivity index (χ3n) is 5.66. The van der Waals surface area contributed by atoms with E-state index in [-0.39, 0.29) is 18.4 Å². The highest BCUT2D eigenvalue weighted by molar-refractivity contribution is 6.30. The number of hydrogen-bond acceptors (Lipinski definition) is 7. The number of aromatic nitrogens is 2. The van der Waals surface area contributed by atoms with Crippen molar-refractivity contribution < 1.29 is 14.1 Å². The summed E-state index contributed by atoms with van der Waals surface area (Å²) in [5, 5.41) is 7.47. The van der Waals surface area contributed by atoms with Gasteiger partial charge in [0.1, 0.15) is 0 Å². The van der Waals surface area contributed by atoms with Gasteiger partial charge in [0.15, 0.2) is 0 Å². The van der Waals surface area contributed by atoms with Crippen molar-refractivity contribution in [1.82, 2.24) is 30.2 Å². The molecule has 2 amide bonds. The number of likely N-dealkylation sites (tertiary alicyclic amines) is 1. The Hall–Kier alpha value is -2.49. The summed E-state index contributed by atoms with van der Waals surface area (Å²) >= 11 is 5.92. The predicted molar refractivity (Wildman–Crippen MR) is 115 cm³/mol. The maximum absolute atomic E-state index is 12.2. The smallest absolute Gasteiger partial charge is 0.241 e. The average molecular weight is 447 g/mol. The van der Waals surface area contributed by atoms with Crippen molar-refractivity contribution in [2.45, 2.75) is 19.4 Å². The van der Waals surface area contributed by atoms with Gasteiger partial charge in [0.05, 0.1) is 19.6 Å². The van der Waals surface area contributed by atoms with Gasteiger partial charge in [-0.05, 0) is 37.1 Å². The van der Waals surface area contributed by atoms with Crippen LogP contribution < -0.4 is 5.32 Å². The SMILES string of the molecule is O=C(CN1CCN(Cc2nc(-c3ccc(Cl)cc3)no2)CC1)NCC(=O)N1CCCC1. The number of halogens is 1. The zero-order valence-corrected chi connectivity index (χ0v) is 18.2. The van der Waals surface area contributed by atoms with Crippen LogP contribution in [0, 0.1) is 0 Å². The summed E-state index contributed by atoms with van der Waals surface area (Å²) in [6.45, 7) is 5.73. The van der Waals surface area contributed by atoms with E-state index in [4.69, 9.17) is 16.1 Å². The van der Waals surface area contributed by atoms with Gasteiger partial charge in [0.25, 0.3) is 0 Å². The minimum Gasteiger partial charge on any atom is -0.346 e. The fourth-order valence-corrected chi connectivity index (χ4v) is 3.97. The molecule has 2 aliphatic rings. The number of nitrogens with zero attached hydrogens (tertiary/aromatic N) is 5. The summed E-state index contributed by atoms with van der Waals surface area (Å²) in [7, 11) is 0. The van der Waals surface area contributed by atoms with Crippen molar-refractivity contribution in [3.8, 4) is 11.4 Å². The number of benzene rings is 1. The molecule has 0 atom stereocenters. The predicted octanol–water partition coefficient (Wildman–Crippen LogP) is 1.25. The van der Waals surface area contributed by atoms with Crippen LogP contribution in [0.1, 0.15) is 18.7 Å². The van der Waals surface area contributed by atoms with Crippen molar-refractivity contribution >= 4 is 23.4 Å². The van der Waals surface area contributed by atoms with E-state index in [0.29, 0.717) is 29.8 Å². The van der Waals surface area contributed by atoms with Crippen LogP contribution in [-0.2, 0) is 16.1 Å². The van der Waals surface area contributed by atoms with Crippen LogP contribution in [0.4, 0.5) is 0 Å². The van der Waals surface area contributed by atoms with Crippen LogP contribution in [0.15, 0.2) is 28.8 Å². The van der Waals surface area contributed by atoms with E-state index in [1.54, 1.807) is 12.1 Å². The fraction of sp³-hybridized carbons (Fsp3) is 0.524. The Labute approximate surface area is 186 Å². The molecule has 0 aliphatic carbocycles.